The van der Waals surface area contributed by atoms with Crippen molar-refractivity contribution in [2.75, 3.05) is 0 Å². The van der Waals surface area contributed by atoms with E-state index in [1.165, 1.54) is 30.3 Å². The quantitative estimate of drug-likeness (QED) is 0.905. The van der Waals surface area contributed by atoms with Gasteiger partial charge in [0.15, 0.2) is 0 Å². The Kier molecular flexibility index (Phi) is 4.51. The van der Waals surface area contributed by atoms with Crippen molar-refractivity contribution in [2.45, 2.75) is 18.9 Å². The molecule has 0 amide bonds. The Hall–Kier alpha value is -1.45. The monoisotopic (exact) mass is 282 g/mol. The summed E-state index contributed by atoms with van der Waals surface area (Å²) in [6, 6.07) is 10.2. The van der Waals surface area contributed by atoms with Crippen molar-refractivity contribution in [3.8, 4) is 0 Å². The molecule has 1 nitrogen and oxygen atoms in total. The number of hydrogen-bond acceptors (Lipinski definition) is 1. The molecule has 0 bridgehead atoms. The zero-order valence-corrected chi connectivity index (χ0v) is 10.9. The zero-order valence-electron chi connectivity index (χ0n) is 10.1. The number of aliphatic hydroxyl groups is 1. The SMILES string of the molecule is OC(Cc1cccc(F)c1)Cc1cc(Cl)ccc1F. The van der Waals surface area contributed by atoms with Crippen molar-refractivity contribution in [3.05, 3.63) is 70.2 Å². The van der Waals surface area contributed by atoms with Crippen molar-refractivity contribution in [1.29, 1.82) is 0 Å². The second kappa shape index (κ2) is 6.13. The summed E-state index contributed by atoms with van der Waals surface area (Å²) in [4.78, 5) is 0. The third kappa shape index (κ3) is 4.01. The highest BCUT2D eigenvalue weighted by molar-refractivity contribution is 6.30. The van der Waals surface area contributed by atoms with Gasteiger partial charge in [-0.25, -0.2) is 8.78 Å². The van der Waals surface area contributed by atoms with Crippen molar-refractivity contribution in [3.63, 3.8) is 0 Å². The van der Waals surface area contributed by atoms with E-state index in [-0.39, 0.29) is 18.7 Å². The summed E-state index contributed by atoms with van der Waals surface area (Å²) in [5.41, 5.74) is 1.03. The lowest BCUT2D eigenvalue weighted by molar-refractivity contribution is 0.174. The number of rotatable bonds is 4. The predicted octanol–water partition coefficient (Wildman–Crippen LogP) is 3.76. The maximum absolute atomic E-state index is 13.5. The number of benzene rings is 2. The molecular formula is C15H13ClF2O. The standard InChI is InChI=1S/C15H13ClF2O/c16-12-4-5-15(18)11(8-12)9-14(19)7-10-2-1-3-13(17)6-10/h1-6,8,14,19H,7,9H2. The van der Waals surface area contributed by atoms with Crippen LogP contribution in [0.4, 0.5) is 8.78 Å². The third-order valence-corrected chi connectivity index (χ3v) is 3.06. The molecule has 1 unspecified atom stereocenters. The van der Waals surface area contributed by atoms with E-state index in [1.807, 2.05) is 0 Å². The number of halogens is 3. The molecule has 0 radical (unpaired) electrons. The van der Waals surface area contributed by atoms with E-state index in [0.29, 0.717) is 16.1 Å². The van der Waals surface area contributed by atoms with Crippen LogP contribution < -0.4 is 0 Å². The molecule has 0 spiro atoms. The molecule has 0 aromatic heterocycles. The molecule has 1 atom stereocenters. The summed E-state index contributed by atoms with van der Waals surface area (Å²) >= 11 is 5.78. The lowest BCUT2D eigenvalue weighted by atomic mass is 10.0. The molecule has 4 heteroatoms. The molecule has 2 aromatic rings. The zero-order chi connectivity index (χ0) is 13.8. The van der Waals surface area contributed by atoms with Crippen LogP contribution in [0, 0.1) is 11.6 Å². The molecule has 1 N–H and O–H groups in total. The van der Waals surface area contributed by atoms with Gasteiger partial charge in [0.25, 0.3) is 0 Å². The molecule has 0 aliphatic rings. The van der Waals surface area contributed by atoms with Gasteiger partial charge in [-0.1, -0.05) is 23.7 Å². The Morgan fingerprint density at radius 1 is 1.05 bits per heavy atom. The molecule has 0 saturated carbocycles. The summed E-state index contributed by atoms with van der Waals surface area (Å²) < 4.78 is 26.5. The summed E-state index contributed by atoms with van der Waals surface area (Å²) in [6.07, 6.45) is -0.373. The molecule has 0 saturated heterocycles. The minimum atomic E-state index is -0.783. The van der Waals surface area contributed by atoms with Gasteiger partial charge >= 0.3 is 0 Å². The van der Waals surface area contributed by atoms with Gasteiger partial charge in [-0.3, -0.25) is 0 Å². The van der Waals surface area contributed by atoms with Crippen LogP contribution >= 0.6 is 11.6 Å². The first-order valence-corrected chi connectivity index (χ1v) is 6.29. The Balaban J connectivity index is 2.05. The first-order valence-electron chi connectivity index (χ1n) is 5.91. The fourth-order valence-electron chi connectivity index (χ4n) is 1.96. The van der Waals surface area contributed by atoms with Crippen LogP contribution in [0.3, 0.4) is 0 Å². The van der Waals surface area contributed by atoms with Gasteiger partial charge in [0.1, 0.15) is 11.6 Å². The summed E-state index contributed by atoms with van der Waals surface area (Å²) in [5, 5.41) is 10.4. The van der Waals surface area contributed by atoms with Gasteiger partial charge in [-0.05, 0) is 47.9 Å². The minimum absolute atomic E-state index is 0.142. The molecule has 2 rings (SSSR count). The summed E-state index contributed by atoms with van der Waals surface area (Å²) in [5.74, 6) is -0.749. The molecule has 0 fully saturated rings. The van der Waals surface area contributed by atoms with Crippen molar-refractivity contribution in [1.82, 2.24) is 0 Å². The van der Waals surface area contributed by atoms with E-state index < -0.39 is 11.9 Å². The van der Waals surface area contributed by atoms with Crippen LogP contribution in [0.15, 0.2) is 42.5 Å². The Labute approximate surface area is 115 Å². The molecule has 0 aliphatic carbocycles. The van der Waals surface area contributed by atoms with Crippen LogP contribution in [0.25, 0.3) is 0 Å². The maximum atomic E-state index is 13.5. The maximum Gasteiger partial charge on any atom is 0.126 e. The van der Waals surface area contributed by atoms with Gasteiger partial charge in [-0.15, -0.1) is 0 Å². The second-order valence-electron chi connectivity index (χ2n) is 4.43. The topological polar surface area (TPSA) is 20.2 Å². The first kappa shape index (κ1) is 14.0. The van der Waals surface area contributed by atoms with E-state index in [0.717, 1.165) is 0 Å². The molecule has 2 aromatic carbocycles. The van der Waals surface area contributed by atoms with Crippen LogP contribution in [0.1, 0.15) is 11.1 Å². The van der Waals surface area contributed by atoms with Crippen molar-refractivity contribution in [2.24, 2.45) is 0 Å². The Morgan fingerprint density at radius 2 is 1.84 bits per heavy atom. The van der Waals surface area contributed by atoms with E-state index in [9.17, 15) is 13.9 Å². The van der Waals surface area contributed by atoms with Crippen LogP contribution in [0.5, 0.6) is 0 Å². The first-order chi connectivity index (χ1) is 9.04. The van der Waals surface area contributed by atoms with Gasteiger partial charge in [-0.2, -0.15) is 0 Å². The van der Waals surface area contributed by atoms with Gasteiger partial charge in [0.2, 0.25) is 0 Å². The fraction of sp³-hybridized carbons (Fsp3) is 0.200. The van der Waals surface area contributed by atoms with Gasteiger partial charge in [0, 0.05) is 11.4 Å². The lowest BCUT2D eigenvalue weighted by Crippen LogP contribution is -2.15. The van der Waals surface area contributed by atoms with E-state index in [1.54, 1.807) is 12.1 Å². The van der Waals surface area contributed by atoms with Crippen LogP contribution in [0.2, 0.25) is 5.02 Å². The normalized spacial score (nSPS) is 12.4. The van der Waals surface area contributed by atoms with Gasteiger partial charge < -0.3 is 5.11 Å². The summed E-state index contributed by atoms with van der Waals surface area (Å²) in [6.45, 7) is 0. The lowest BCUT2D eigenvalue weighted by Gasteiger charge is -2.11. The average Bonchev–Trinajstić information content (AvgIpc) is 2.34. The highest BCUT2D eigenvalue weighted by Gasteiger charge is 2.11. The van der Waals surface area contributed by atoms with Crippen LogP contribution in [-0.2, 0) is 12.8 Å². The Bertz CT molecular complexity index is 572. The second-order valence-corrected chi connectivity index (χ2v) is 4.86. The fourth-order valence-corrected chi connectivity index (χ4v) is 2.16. The predicted molar refractivity (Wildman–Crippen MR) is 71.2 cm³/mol. The van der Waals surface area contributed by atoms with E-state index >= 15 is 0 Å². The summed E-state index contributed by atoms with van der Waals surface area (Å²) in [7, 11) is 0. The van der Waals surface area contributed by atoms with Crippen LogP contribution in [-0.4, -0.2) is 11.2 Å². The number of hydrogen-bond donors (Lipinski definition) is 1. The third-order valence-electron chi connectivity index (χ3n) is 2.82. The molecule has 19 heavy (non-hydrogen) atoms. The molecule has 100 valence electrons. The molecular weight excluding hydrogens is 270 g/mol. The molecule has 0 aliphatic heterocycles. The average molecular weight is 283 g/mol. The van der Waals surface area contributed by atoms with Gasteiger partial charge in [0.05, 0.1) is 6.10 Å². The molecule has 0 heterocycles. The highest BCUT2D eigenvalue weighted by Crippen LogP contribution is 2.18. The smallest absolute Gasteiger partial charge is 0.126 e. The highest BCUT2D eigenvalue weighted by atomic mass is 35.5. The Morgan fingerprint density at radius 3 is 2.58 bits per heavy atom. The van der Waals surface area contributed by atoms with Crippen molar-refractivity contribution >= 4 is 11.6 Å². The van der Waals surface area contributed by atoms with Crippen molar-refractivity contribution < 1.29 is 13.9 Å². The largest absolute Gasteiger partial charge is 0.392 e. The van der Waals surface area contributed by atoms with E-state index in [2.05, 4.69) is 0 Å². The minimum Gasteiger partial charge on any atom is -0.392 e. The number of aliphatic hydroxyl groups excluding tert-OH is 1. The van der Waals surface area contributed by atoms with E-state index in [4.69, 9.17) is 11.6 Å².